The van der Waals surface area contributed by atoms with Gasteiger partial charge in [0.15, 0.2) is 5.82 Å². The number of aryl methyl sites for hydroxylation is 2. The summed E-state index contributed by atoms with van der Waals surface area (Å²) in [4.78, 5) is 4.38. The van der Waals surface area contributed by atoms with Gasteiger partial charge >= 0.3 is 0 Å². The van der Waals surface area contributed by atoms with E-state index in [4.69, 9.17) is 16.9 Å². The first-order chi connectivity index (χ1) is 12.1. The summed E-state index contributed by atoms with van der Waals surface area (Å²) in [5.41, 5.74) is 3.98. The van der Waals surface area contributed by atoms with E-state index in [0.717, 1.165) is 16.8 Å². The van der Waals surface area contributed by atoms with Crippen LogP contribution in [0.25, 0.3) is 0 Å². The van der Waals surface area contributed by atoms with Crippen molar-refractivity contribution in [3.05, 3.63) is 64.3 Å². The molecule has 0 aliphatic carbocycles. The average Bonchev–Trinajstić information content (AvgIpc) is 2.59. The minimum atomic E-state index is 0.313. The van der Waals surface area contributed by atoms with Crippen molar-refractivity contribution in [1.29, 1.82) is 5.26 Å². The quantitative estimate of drug-likeness (QED) is 0.720. The van der Waals surface area contributed by atoms with E-state index < -0.39 is 0 Å². The summed E-state index contributed by atoms with van der Waals surface area (Å²) in [6.07, 6.45) is 1.49. The van der Waals surface area contributed by atoms with Gasteiger partial charge in [0.1, 0.15) is 6.07 Å². The summed E-state index contributed by atoms with van der Waals surface area (Å²) >= 11 is 6.30. The first-order valence-corrected chi connectivity index (χ1v) is 7.94. The second-order valence-electron chi connectivity index (χ2n) is 5.51. The molecule has 0 aliphatic rings. The summed E-state index contributed by atoms with van der Waals surface area (Å²) in [5.74, 6) is 0.786. The maximum Gasteiger partial charge on any atom is 0.249 e. The molecule has 0 spiro atoms. The molecule has 0 bridgehead atoms. The predicted octanol–water partition coefficient (Wildman–Crippen LogP) is 4.50. The number of anilines is 4. The second-order valence-corrected chi connectivity index (χ2v) is 5.92. The Bertz CT molecular complexity index is 941. The highest BCUT2D eigenvalue weighted by atomic mass is 35.5. The highest BCUT2D eigenvalue weighted by molar-refractivity contribution is 6.33. The van der Waals surface area contributed by atoms with E-state index in [1.54, 1.807) is 18.2 Å². The van der Waals surface area contributed by atoms with Crippen molar-refractivity contribution in [1.82, 2.24) is 15.2 Å². The molecule has 6 nitrogen and oxygen atoms in total. The molecular weight excluding hydrogens is 336 g/mol. The van der Waals surface area contributed by atoms with Gasteiger partial charge in [-0.05, 0) is 43.2 Å². The Balaban J connectivity index is 1.87. The lowest BCUT2D eigenvalue weighted by Crippen LogP contribution is -2.04. The largest absolute Gasteiger partial charge is 0.338 e. The number of nitrogens with zero attached hydrogens (tertiary/aromatic N) is 4. The van der Waals surface area contributed by atoms with Crippen LogP contribution in [0.3, 0.4) is 0 Å². The van der Waals surface area contributed by atoms with Gasteiger partial charge in [-0.2, -0.15) is 15.3 Å². The standard InChI is InChI=1S/C18H15ClN6/c1-11-7-12(2)17(14(19)8-11)24-18-23-16(10-21-25-18)22-15-6-4-3-5-13(15)9-20/h3-8,10H,1-2H3,(H2,22,23,24,25). The van der Waals surface area contributed by atoms with Crippen molar-refractivity contribution >= 4 is 34.7 Å². The molecule has 1 heterocycles. The topological polar surface area (TPSA) is 86.5 Å². The Hall–Kier alpha value is -3.17. The maximum absolute atomic E-state index is 9.16. The lowest BCUT2D eigenvalue weighted by atomic mass is 10.1. The van der Waals surface area contributed by atoms with Crippen molar-refractivity contribution in [2.75, 3.05) is 10.6 Å². The number of nitriles is 1. The number of aromatic nitrogens is 3. The molecular formula is C18H15ClN6. The third-order valence-corrected chi connectivity index (χ3v) is 3.84. The van der Waals surface area contributed by atoms with Crippen LogP contribution in [0.4, 0.5) is 23.1 Å². The van der Waals surface area contributed by atoms with Gasteiger partial charge in [-0.3, -0.25) is 0 Å². The van der Waals surface area contributed by atoms with E-state index in [0.29, 0.717) is 28.0 Å². The Morgan fingerprint density at radius 2 is 1.92 bits per heavy atom. The molecule has 0 fully saturated rings. The smallest absolute Gasteiger partial charge is 0.249 e. The highest BCUT2D eigenvalue weighted by Crippen LogP contribution is 2.29. The number of para-hydroxylation sites is 1. The van der Waals surface area contributed by atoms with Crippen LogP contribution in [-0.2, 0) is 0 Å². The van der Waals surface area contributed by atoms with Crippen LogP contribution in [0.5, 0.6) is 0 Å². The van der Waals surface area contributed by atoms with Gasteiger partial charge in [0, 0.05) is 0 Å². The summed E-state index contributed by atoms with van der Waals surface area (Å²) < 4.78 is 0. The SMILES string of the molecule is Cc1cc(C)c(Nc2nncc(Nc3ccccc3C#N)n2)c(Cl)c1. The molecule has 0 amide bonds. The Labute approximate surface area is 150 Å². The number of halogens is 1. The van der Waals surface area contributed by atoms with E-state index in [1.165, 1.54) is 6.20 Å². The average molecular weight is 351 g/mol. The molecule has 2 N–H and O–H groups in total. The monoisotopic (exact) mass is 350 g/mol. The molecule has 0 atom stereocenters. The van der Waals surface area contributed by atoms with Crippen molar-refractivity contribution < 1.29 is 0 Å². The molecule has 0 radical (unpaired) electrons. The third-order valence-electron chi connectivity index (χ3n) is 3.54. The van der Waals surface area contributed by atoms with Crippen LogP contribution >= 0.6 is 11.6 Å². The number of hydrogen-bond acceptors (Lipinski definition) is 6. The van der Waals surface area contributed by atoms with Gasteiger partial charge in [0.2, 0.25) is 5.95 Å². The molecule has 0 unspecified atom stereocenters. The van der Waals surface area contributed by atoms with Gasteiger partial charge in [0.25, 0.3) is 0 Å². The molecule has 2 aromatic carbocycles. The number of nitrogens with one attached hydrogen (secondary N) is 2. The first-order valence-electron chi connectivity index (χ1n) is 7.56. The van der Waals surface area contributed by atoms with Crippen LogP contribution in [0.1, 0.15) is 16.7 Å². The molecule has 1 aromatic heterocycles. The normalized spacial score (nSPS) is 10.2. The van der Waals surface area contributed by atoms with Crippen molar-refractivity contribution in [2.24, 2.45) is 0 Å². The zero-order chi connectivity index (χ0) is 17.8. The highest BCUT2D eigenvalue weighted by Gasteiger charge is 2.09. The molecule has 3 aromatic rings. The van der Waals surface area contributed by atoms with Crippen LogP contribution in [0, 0.1) is 25.2 Å². The molecule has 0 saturated heterocycles. The van der Waals surface area contributed by atoms with Gasteiger partial charge in [-0.25, -0.2) is 0 Å². The van der Waals surface area contributed by atoms with Crippen molar-refractivity contribution in [2.45, 2.75) is 13.8 Å². The summed E-state index contributed by atoms with van der Waals surface area (Å²) in [6.45, 7) is 3.94. The molecule has 25 heavy (non-hydrogen) atoms. The third kappa shape index (κ3) is 3.84. The fraction of sp³-hybridized carbons (Fsp3) is 0.111. The zero-order valence-electron chi connectivity index (χ0n) is 13.7. The van der Waals surface area contributed by atoms with Gasteiger partial charge in [0.05, 0.1) is 28.2 Å². The van der Waals surface area contributed by atoms with Crippen LogP contribution < -0.4 is 10.6 Å². The van der Waals surface area contributed by atoms with E-state index in [9.17, 15) is 0 Å². The number of rotatable bonds is 4. The van der Waals surface area contributed by atoms with E-state index in [-0.39, 0.29) is 0 Å². The minimum Gasteiger partial charge on any atom is -0.338 e. The lowest BCUT2D eigenvalue weighted by Gasteiger charge is -2.12. The zero-order valence-corrected chi connectivity index (χ0v) is 14.5. The molecule has 3 rings (SSSR count). The first kappa shape index (κ1) is 16.7. The van der Waals surface area contributed by atoms with Gasteiger partial charge < -0.3 is 10.6 Å². The van der Waals surface area contributed by atoms with Crippen molar-refractivity contribution in [3.63, 3.8) is 0 Å². The second kappa shape index (κ2) is 7.16. The van der Waals surface area contributed by atoms with Gasteiger partial charge in [-0.1, -0.05) is 29.8 Å². The van der Waals surface area contributed by atoms with Crippen molar-refractivity contribution in [3.8, 4) is 6.07 Å². The Morgan fingerprint density at radius 1 is 1.12 bits per heavy atom. The summed E-state index contributed by atoms with van der Waals surface area (Å²) in [7, 11) is 0. The Morgan fingerprint density at radius 3 is 2.68 bits per heavy atom. The summed E-state index contributed by atoms with van der Waals surface area (Å²) in [5, 5.41) is 23.9. The van der Waals surface area contributed by atoms with E-state index in [1.807, 2.05) is 32.0 Å². The van der Waals surface area contributed by atoms with Crippen LogP contribution in [0.2, 0.25) is 5.02 Å². The van der Waals surface area contributed by atoms with Gasteiger partial charge in [-0.15, -0.1) is 5.10 Å². The molecule has 124 valence electrons. The molecule has 0 saturated carbocycles. The summed E-state index contributed by atoms with van der Waals surface area (Å²) in [6, 6.07) is 13.2. The molecule has 7 heteroatoms. The van der Waals surface area contributed by atoms with E-state index >= 15 is 0 Å². The maximum atomic E-state index is 9.16. The fourth-order valence-electron chi connectivity index (χ4n) is 2.43. The van der Waals surface area contributed by atoms with E-state index in [2.05, 4.69) is 31.9 Å². The lowest BCUT2D eigenvalue weighted by molar-refractivity contribution is 0.981. The molecule has 0 aliphatic heterocycles. The Kier molecular flexibility index (Phi) is 4.78. The number of hydrogen-bond donors (Lipinski definition) is 2. The van der Waals surface area contributed by atoms with Crippen LogP contribution in [0.15, 0.2) is 42.6 Å². The number of benzene rings is 2. The van der Waals surface area contributed by atoms with Crippen LogP contribution in [-0.4, -0.2) is 15.2 Å². The fourth-order valence-corrected chi connectivity index (χ4v) is 2.80. The predicted molar refractivity (Wildman–Crippen MR) is 98.5 cm³/mol. The minimum absolute atomic E-state index is 0.313.